The maximum absolute atomic E-state index is 13.7. The standard InChI is InChI=1S/C16H20FNO3/c1-11(12-5-3-4-6-13(12)17)9-14(19)18-8-7-16(2,10-18)15(20)21/h3-6,11H,7-10H2,1-2H3,(H,20,21). The third-order valence-electron chi connectivity index (χ3n) is 4.26. The van der Waals surface area contributed by atoms with Crippen molar-refractivity contribution < 1.29 is 19.1 Å². The Morgan fingerprint density at radius 1 is 1.43 bits per heavy atom. The van der Waals surface area contributed by atoms with E-state index in [4.69, 9.17) is 0 Å². The van der Waals surface area contributed by atoms with Gasteiger partial charge in [0.25, 0.3) is 0 Å². The van der Waals surface area contributed by atoms with Crippen molar-refractivity contribution >= 4 is 11.9 Å². The van der Waals surface area contributed by atoms with Crippen LogP contribution in [0.15, 0.2) is 24.3 Å². The van der Waals surface area contributed by atoms with E-state index in [0.717, 1.165) is 0 Å². The maximum atomic E-state index is 13.7. The highest BCUT2D eigenvalue weighted by Gasteiger charge is 2.42. The predicted molar refractivity (Wildman–Crippen MR) is 76.4 cm³/mol. The molecule has 0 spiro atoms. The zero-order chi connectivity index (χ0) is 15.6. The first-order chi connectivity index (χ1) is 9.83. The molecule has 1 aliphatic rings. The highest BCUT2D eigenvalue weighted by molar-refractivity contribution is 5.81. The monoisotopic (exact) mass is 293 g/mol. The molecule has 1 amide bonds. The molecule has 4 nitrogen and oxygen atoms in total. The number of benzene rings is 1. The number of nitrogens with zero attached hydrogens (tertiary/aromatic N) is 1. The van der Waals surface area contributed by atoms with Crippen molar-refractivity contribution in [1.29, 1.82) is 0 Å². The molecule has 0 aromatic heterocycles. The molecule has 0 bridgehead atoms. The van der Waals surface area contributed by atoms with Crippen LogP contribution in [0.1, 0.15) is 38.2 Å². The molecule has 2 atom stereocenters. The van der Waals surface area contributed by atoms with Crippen LogP contribution in [0.4, 0.5) is 4.39 Å². The van der Waals surface area contributed by atoms with Crippen LogP contribution in [-0.2, 0) is 9.59 Å². The van der Waals surface area contributed by atoms with Crippen molar-refractivity contribution in [3.8, 4) is 0 Å². The number of halogens is 1. The molecule has 0 radical (unpaired) electrons. The summed E-state index contributed by atoms with van der Waals surface area (Å²) >= 11 is 0. The van der Waals surface area contributed by atoms with Crippen LogP contribution in [-0.4, -0.2) is 35.0 Å². The largest absolute Gasteiger partial charge is 0.481 e. The van der Waals surface area contributed by atoms with E-state index < -0.39 is 11.4 Å². The lowest BCUT2D eigenvalue weighted by atomic mass is 9.90. The van der Waals surface area contributed by atoms with Gasteiger partial charge in [-0.15, -0.1) is 0 Å². The minimum absolute atomic E-state index is 0.115. The number of carbonyl (C=O) groups is 2. The van der Waals surface area contributed by atoms with Crippen molar-refractivity contribution in [1.82, 2.24) is 4.90 Å². The number of carboxylic acid groups (broad SMARTS) is 1. The van der Waals surface area contributed by atoms with E-state index in [1.165, 1.54) is 6.07 Å². The summed E-state index contributed by atoms with van der Waals surface area (Å²) in [6.45, 7) is 4.14. The first kappa shape index (κ1) is 15.5. The molecule has 1 aromatic carbocycles. The summed E-state index contributed by atoms with van der Waals surface area (Å²) in [5.74, 6) is -1.53. The molecule has 2 rings (SSSR count). The highest BCUT2D eigenvalue weighted by Crippen LogP contribution is 2.31. The Hall–Kier alpha value is -1.91. The fraction of sp³-hybridized carbons (Fsp3) is 0.500. The fourth-order valence-electron chi connectivity index (χ4n) is 2.72. The van der Waals surface area contributed by atoms with Crippen molar-refractivity contribution in [3.63, 3.8) is 0 Å². The third-order valence-corrected chi connectivity index (χ3v) is 4.26. The molecule has 1 fully saturated rings. The Morgan fingerprint density at radius 2 is 2.10 bits per heavy atom. The Labute approximate surface area is 123 Å². The first-order valence-electron chi connectivity index (χ1n) is 7.09. The second-order valence-electron chi connectivity index (χ2n) is 6.06. The lowest BCUT2D eigenvalue weighted by Gasteiger charge is -2.22. The lowest BCUT2D eigenvalue weighted by molar-refractivity contribution is -0.147. The number of amides is 1. The van der Waals surface area contributed by atoms with Crippen LogP contribution < -0.4 is 0 Å². The zero-order valence-corrected chi connectivity index (χ0v) is 12.3. The van der Waals surface area contributed by atoms with Gasteiger partial charge < -0.3 is 10.0 Å². The molecule has 114 valence electrons. The molecule has 1 aliphatic heterocycles. The van der Waals surface area contributed by atoms with E-state index in [0.29, 0.717) is 18.5 Å². The topological polar surface area (TPSA) is 57.6 Å². The molecule has 0 aliphatic carbocycles. The lowest BCUT2D eigenvalue weighted by Crippen LogP contribution is -2.35. The smallest absolute Gasteiger partial charge is 0.311 e. The summed E-state index contributed by atoms with van der Waals surface area (Å²) in [6, 6.07) is 6.43. The summed E-state index contributed by atoms with van der Waals surface area (Å²) in [6.07, 6.45) is 0.652. The summed E-state index contributed by atoms with van der Waals surface area (Å²) in [4.78, 5) is 25.0. The number of rotatable bonds is 4. The van der Waals surface area contributed by atoms with Gasteiger partial charge in [0.1, 0.15) is 5.82 Å². The van der Waals surface area contributed by atoms with E-state index in [1.807, 2.05) is 6.92 Å². The van der Waals surface area contributed by atoms with Crippen LogP contribution in [0.5, 0.6) is 0 Å². The van der Waals surface area contributed by atoms with Crippen molar-refractivity contribution in [2.24, 2.45) is 5.41 Å². The van der Waals surface area contributed by atoms with E-state index in [2.05, 4.69) is 0 Å². The average Bonchev–Trinajstić information content (AvgIpc) is 2.83. The molecular formula is C16H20FNO3. The summed E-state index contributed by atoms with van der Waals surface area (Å²) in [7, 11) is 0. The Morgan fingerprint density at radius 3 is 2.67 bits per heavy atom. The Balaban J connectivity index is 2.00. The molecule has 1 aromatic rings. The summed E-state index contributed by atoms with van der Waals surface area (Å²) < 4.78 is 13.7. The Kier molecular flexibility index (Phi) is 4.30. The van der Waals surface area contributed by atoms with Crippen molar-refractivity contribution in [3.05, 3.63) is 35.6 Å². The number of aliphatic carboxylic acids is 1. The minimum atomic E-state index is -0.875. The molecule has 1 N–H and O–H groups in total. The van der Waals surface area contributed by atoms with Gasteiger partial charge in [0.05, 0.1) is 5.41 Å². The number of carboxylic acids is 1. The molecule has 5 heteroatoms. The SMILES string of the molecule is CC(CC(=O)N1CCC(C)(C(=O)O)C1)c1ccccc1F. The van der Waals surface area contributed by atoms with Crippen LogP contribution in [0.3, 0.4) is 0 Å². The maximum Gasteiger partial charge on any atom is 0.311 e. The molecule has 1 heterocycles. The van der Waals surface area contributed by atoms with Gasteiger partial charge in [-0.2, -0.15) is 0 Å². The van der Waals surface area contributed by atoms with Gasteiger partial charge in [-0.3, -0.25) is 9.59 Å². The van der Waals surface area contributed by atoms with Crippen LogP contribution in [0, 0.1) is 11.2 Å². The van der Waals surface area contributed by atoms with E-state index in [-0.39, 0.29) is 30.6 Å². The van der Waals surface area contributed by atoms with Crippen molar-refractivity contribution in [2.75, 3.05) is 13.1 Å². The summed E-state index contributed by atoms with van der Waals surface area (Å²) in [5.41, 5.74) is -0.345. The van der Waals surface area contributed by atoms with Gasteiger partial charge in [0, 0.05) is 19.5 Å². The second-order valence-corrected chi connectivity index (χ2v) is 6.06. The number of carbonyl (C=O) groups excluding carboxylic acids is 1. The predicted octanol–water partition coefficient (Wildman–Crippen LogP) is 2.64. The van der Waals surface area contributed by atoms with Gasteiger partial charge in [0.15, 0.2) is 0 Å². The normalized spacial score (nSPS) is 23.1. The second kappa shape index (κ2) is 5.84. The zero-order valence-electron chi connectivity index (χ0n) is 12.3. The van der Waals surface area contributed by atoms with Gasteiger partial charge >= 0.3 is 5.97 Å². The molecule has 0 saturated carbocycles. The van der Waals surface area contributed by atoms with Gasteiger partial charge in [-0.1, -0.05) is 25.1 Å². The van der Waals surface area contributed by atoms with Crippen molar-refractivity contribution in [2.45, 2.75) is 32.6 Å². The molecule has 21 heavy (non-hydrogen) atoms. The van der Waals surface area contributed by atoms with Gasteiger partial charge in [-0.25, -0.2) is 4.39 Å². The molecular weight excluding hydrogens is 273 g/mol. The third kappa shape index (κ3) is 3.23. The van der Waals surface area contributed by atoms with Crippen LogP contribution >= 0.6 is 0 Å². The van der Waals surface area contributed by atoms with Gasteiger partial charge in [-0.05, 0) is 30.9 Å². The first-order valence-corrected chi connectivity index (χ1v) is 7.09. The van der Waals surface area contributed by atoms with E-state index in [9.17, 15) is 19.1 Å². The Bertz CT molecular complexity index is 560. The molecule has 2 unspecified atom stereocenters. The van der Waals surface area contributed by atoms with E-state index >= 15 is 0 Å². The number of hydrogen-bond donors (Lipinski definition) is 1. The fourth-order valence-corrected chi connectivity index (χ4v) is 2.72. The van der Waals surface area contributed by atoms with Gasteiger partial charge in [0.2, 0.25) is 5.91 Å². The van der Waals surface area contributed by atoms with Crippen LogP contribution in [0.25, 0.3) is 0 Å². The summed E-state index contributed by atoms with van der Waals surface area (Å²) in [5, 5.41) is 9.18. The minimum Gasteiger partial charge on any atom is -0.481 e. The molecule has 1 saturated heterocycles. The van der Waals surface area contributed by atoms with Crippen LogP contribution in [0.2, 0.25) is 0 Å². The highest BCUT2D eigenvalue weighted by atomic mass is 19.1. The quantitative estimate of drug-likeness (QED) is 0.928. The number of likely N-dealkylation sites (tertiary alicyclic amines) is 1. The van der Waals surface area contributed by atoms with E-state index in [1.54, 1.807) is 30.0 Å². The number of hydrogen-bond acceptors (Lipinski definition) is 2. The average molecular weight is 293 g/mol.